The summed E-state index contributed by atoms with van der Waals surface area (Å²) in [5.41, 5.74) is 1.40. The van der Waals surface area contributed by atoms with Crippen molar-refractivity contribution in [3.63, 3.8) is 0 Å². The molecule has 1 aromatic carbocycles. The topological polar surface area (TPSA) is 3.88 Å². The lowest BCUT2D eigenvalue weighted by Crippen LogP contribution is -3.00. The van der Waals surface area contributed by atoms with E-state index in [1.807, 2.05) is 11.3 Å². The molecule has 0 radical (unpaired) electrons. The molecule has 0 N–H and O–H groups in total. The van der Waals surface area contributed by atoms with Gasteiger partial charge in [-0.1, -0.05) is 36.8 Å². The highest BCUT2D eigenvalue weighted by molar-refractivity contribution is 7.18. The number of unbranched alkanes of at least 4 members (excludes halogenated alkanes) is 2. The minimum atomic E-state index is 0. The number of thiazole rings is 1. The molecule has 0 bridgehead atoms. The van der Waals surface area contributed by atoms with Gasteiger partial charge in [-0.15, -0.1) is 0 Å². The lowest BCUT2D eigenvalue weighted by Gasteiger charge is -1.95. The van der Waals surface area contributed by atoms with Crippen LogP contribution in [0.2, 0.25) is 0 Å². The summed E-state index contributed by atoms with van der Waals surface area (Å²) in [6, 6.07) is 8.69. The van der Waals surface area contributed by atoms with Crippen LogP contribution in [-0.2, 0) is 6.54 Å². The molecule has 0 aliphatic heterocycles. The molecule has 1 nitrogen and oxygen atoms in total. The summed E-state index contributed by atoms with van der Waals surface area (Å²) in [7, 11) is 0. The largest absolute Gasteiger partial charge is 1.00 e. The average molecular weight is 347 g/mol. The van der Waals surface area contributed by atoms with Gasteiger partial charge in [-0.05, 0) is 12.5 Å². The molecule has 2 rings (SSSR count). The molecule has 0 saturated carbocycles. The number of aryl methyl sites for hydroxylation is 2. The van der Waals surface area contributed by atoms with Crippen LogP contribution in [0.25, 0.3) is 10.2 Å². The molecular weight excluding hydrogens is 329 g/mol. The number of para-hydroxylation sites is 1. The van der Waals surface area contributed by atoms with Crippen LogP contribution in [-0.4, -0.2) is 0 Å². The summed E-state index contributed by atoms with van der Waals surface area (Å²) in [6.45, 7) is 5.64. The van der Waals surface area contributed by atoms with Gasteiger partial charge < -0.3 is 24.0 Å². The highest BCUT2D eigenvalue weighted by atomic mass is 127. The third-order valence-corrected chi connectivity index (χ3v) is 3.86. The summed E-state index contributed by atoms with van der Waals surface area (Å²) < 4.78 is 3.86. The smallest absolute Gasteiger partial charge is 0.235 e. The lowest BCUT2D eigenvalue weighted by molar-refractivity contribution is -0.673. The normalized spacial score (nSPS) is 10.4. The first-order chi connectivity index (χ1) is 7.33. The van der Waals surface area contributed by atoms with E-state index in [9.17, 15) is 0 Å². The molecule has 3 heteroatoms. The van der Waals surface area contributed by atoms with E-state index in [1.54, 1.807) is 0 Å². The number of rotatable bonds is 4. The fourth-order valence-electron chi connectivity index (χ4n) is 1.95. The van der Waals surface area contributed by atoms with E-state index in [1.165, 1.54) is 41.0 Å². The van der Waals surface area contributed by atoms with Gasteiger partial charge >= 0.3 is 0 Å². The molecule has 0 fully saturated rings. The lowest BCUT2D eigenvalue weighted by atomic mass is 10.2. The minimum absolute atomic E-state index is 0. The predicted molar refractivity (Wildman–Crippen MR) is 66.3 cm³/mol. The third-order valence-electron chi connectivity index (χ3n) is 2.78. The van der Waals surface area contributed by atoms with Crippen LogP contribution in [0, 0.1) is 6.92 Å². The van der Waals surface area contributed by atoms with Crippen LogP contribution < -0.4 is 28.5 Å². The Bertz CT molecular complexity index is 450. The van der Waals surface area contributed by atoms with E-state index in [0.717, 1.165) is 0 Å². The second kappa shape index (κ2) is 6.55. The minimum Gasteiger partial charge on any atom is -1.00 e. The maximum atomic E-state index is 2.45. The number of nitrogens with zero attached hydrogens (tertiary/aromatic N) is 1. The first kappa shape index (κ1) is 13.9. The molecule has 0 amide bonds. The van der Waals surface area contributed by atoms with Crippen molar-refractivity contribution in [1.29, 1.82) is 0 Å². The van der Waals surface area contributed by atoms with Gasteiger partial charge in [0, 0.05) is 19.4 Å². The van der Waals surface area contributed by atoms with Crippen molar-refractivity contribution >= 4 is 21.6 Å². The number of hydrogen-bond acceptors (Lipinski definition) is 1. The molecule has 0 aliphatic rings. The van der Waals surface area contributed by atoms with E-state index in [-0.39, 0.29) is 24.0 Å². The Morgan fingerprint density at radius 3 is 2.69 bits per heavy atom. The Morgan fingerprint density at radius 2 is 1.94 bits per heavy atom. The molecule has 88 valence electrons. The Morgan fingerprint density at radius 1 is 1.19 bits per heavy atom. The summed E-state index contributed by atoms with van der Waals surface area (Å²) >= 11 is 1.90. The van der Waals surface area contributed by atoms with E-state index in [4.69, 9.17) is 0 Å². The van der Waals surface area contributed by atoms with Gasteiger partial charge in [-0.3, -0.25) is 0 Å². The van der Waals surface area contributed by atoms with E-state index in [2.05, 4.69) is 42.7 Å². The van der Waals surface area contributed by atoms with Crippen molar-refractivity contribution in [3.8, 4) is 0 Å². The number of aromatic nitrogens is 1. The fraction of sp³-hybridized carbons (Fsp3) is 0.462. The molecule has 0 atom stereocenters. The summed E-state index contributed by atoms with van der Waals surface area (Å²) in [5.74, 6) is 0. The highest BCUT2D eigenvalue weighted by Crippen LogP contribution is 2.19. The second-order valence-corrected chi connectivity index (χ2v) is 5.18. The number of hydrogen-bond donors (Lipinski definition) is 0. The predicted octanol–water partition coefficient (Wildman–Crippen LogP) is 0.691. The summed E-state index contributed by atoms with van der Waals surface area (Å²) in [6.07, 6.45) is 3.92. The monoisotopic (exact) mass is 347 g/mol. The van der Waals surface area contributed by atoms with E-state index < -0.39 is 0 Å². The maximum absolute atomic E-state index is 2.45. The third kappa shape index (κ3) is 2.94. The zero-order valence-corrected chi connectivity index (χ0v) is 12.8. The van der Waals surface area contributed by atoms with Crippen molar-refractivity contribution in [1.82, 2.24) is 0 Å². The number of fused-ring (bicyclic) bond motifs is 1. The van der Waals surface area contributed by atoms with Crippen LogP contribution >= 0.6 is 11.3 Å². The first-order valence-electron chi connectivity index (χ1n) is 5.71. The van der Waals surface area contributed by atoms with E-state index in [0.29, 0.717) is 0 Å². The van der Waals surface area contributed by atoms with Crippen LogP contribution in [0.5, 0.6) is 0 Å². The molecule has 0 unspecified atom stereocenters. The van der Waals surface area contributed by atoms with Crippen molar-refractivity contribution in [2.75, 3.05) is 0 Å². The fourth-order valence-corrected chi connectivity index (χ4v) is 3.00. The number of halogens is 1. The first-order valence-corrected chi connectivity index (χ1v) is 6.52. The summed E-state index contributed by atoms with van der Waals surface area (Å²) in [5, 5.41) is 1.42. The molecule has 2 aromatic rings. The second-order valence-electron chi connectivity index (χ2n) is 3.95. The van der Waals surface area contributed by atoms with Crippen LogP contribution in [0.1, 0.15) is 31.2 Å². The number of benzene rings is 1. The van der Waals surface area contributed by atoms with Crippen molar-refractivity contribution in [3.05, 3.63) is 29.3 Å². The van der Waals surface area contributed by atoms with Crippen molar-refractivity contribution < 1.29 is 28.5 Å². The van der Waals surface area contributed by atoms with E-state index >= 15 is 0 Å². The molecule has 1 aromatic heterocycles. The van der Waals surface area contributed by atoms with Gasteiger partial charge in [0.1, 0.15) is 11.2 Å². The summed E-state index contributed by atoms with van der Waals surface area (Å²) in [4.78, 5) is 0. The van der Waals surface area contributed by atoms with Gasteiger partial charge in [0.15, 0.2) is 0 Å². The highest BCUT2D eigenvalue weighted by Gasteiger charge is 2.15. The average Bonchev–Trinajstić information content (AvgIpc) is 2.56. The van der Waals surface area contributed by atoms with Crippen molar-refractivity contribution in [2.45, 2.75) is 39.7 Å². The van der Waals surface area contributed by atoms with Crippen molar-refractivity contribution in [2.24, 2.45) is 0 Å². The quantitative estimate of drug-likeness (QED) is 0.435. The van der Waals surface area contributed by atoms with Gasteiger partial charge in [0.25, 0.3) is 0 Å². The molecule has 0 saturated heterocycles. The molecule has 16 heavy (non-hydrogen) atoms. The Hall–Kier alpha value is -0.160. The molecular formula is C13H18INS. The van der Waals surface area contributed by atoms with Gasteiger partial charge in [0.05, 0.1) is 0 Å². The standard InChI is InChI=1S/C13H18NS.HI/c1-3-4-7-10-14-11(2)15-13-9-6-5-8-12(13)14;/h5-6,8-9H,3-4,7,10H2,1-2H3;1H/q+1;/p-1. The SMILES string of the molecule is CCCCC[n+]1c(C)sc2ccccc21.[I-]. The van der Waals surface area contributed by atoms with Crippen LogP contribution in [0.4, 0.5) is 0 Å². The zero-order chi connectivity index (χ0) is 10.7. The Kier molecular flexibility index (Phi) is 5.69. The maximum Gasteiger partial charge on any atom is 0.235 e. The van der Waals surface area contributed by atoms with Crippen LogP contribution in [0.3, 0.4) is 0 Å². The van der Waals surface area contributed by atoms with Gasteiger partial charge in [-0.25, -0.2) is 0 Å². The molecule has 0 spiro atoms. The van der Waals surface area contributed by atoms with Gasteiger partial charge in [-0.2, -0.15) is 4.57 Å². The molecule has 1 heterocycles. The van der Waals surface area contributed by atoms with Gasteiger partial charge in [0.2, 0.25) is 10.5 Å². The Labute approximate surface area is 119 Å². The Balaban J connectivity index is 0.00000128. The van der Waals surface area contributed by atoms with Crippen LogP contribution in [0.15, 0.2) is 24.3 Å². The zero-order valence-electron chi connectivity index (χ0n) is 9.87. The molecule has 0 aliphatic carbocycles.